The van der Waals surface area contributed by atoms with Crippen molar-refractivity contribution in [3.8, 4) is 0 Å². The predicted molar refractivity (Wildman–Crippen MR) is 71.4 cm³/mol. The Kier molecular flexibility index (Phi) is 4.23. The second-order valence-corrected chi connectivity index (χ2v) is 4.68. The Bertz CT molecular complexity index is 473. The smallest absolute Gasteiger partial charge is 0.0724 e. The van der Waals surface area contributed by atoms with Crippen LogP contribution in [0.2, 0.25) is 0 Å². The molecule has 0 fully saturated rings. The van der Waals surface area contributed by atoms with Crippen LogP contribution < -0.4 is 5.32 Å². The van der Waals surface area contributed by atoms with Crippen molar-refractivity contribution >= 4 is 15.9 Å². The van der Waals surface area contributed by atoms with E-state index in [4.69, 9.17) is 0 Å². The molecular weight excluding hydrogens is 278 g/mol. The molecule has 1 N–H and O–H groups in total. The molecule has 1 aromatic carbocycles. The van der Waals surface area contributed by atoms with E-state index in [1.807, 2.05) is 12.1 Å². The van der Waals surface area contributed by atoms with E-state index in [9.17, 15) is 0 Å². The lowest BCUT2D eigenvalue weighted by atomic mass is 10.1. The summed E-state index contributed by atoms with van der Waals surface area (Å²) in [4.78, 5) is 8.27. The highest BCUT2D eigenvalue weighted by Crippen LogP contribution is 2.22. The molecule has 88 valence electrons. The maximum absolute atomic E-state index is 4.23. The molecule has 1 heterocycles. The van der Waals surface area contributed by atoms with Crippen molar-refractivity contribution in [2.45, 2.75) is 19.5 Å². The fraction of sp³-hybridized carbons (Fsp3) is 0.231. The summed E-state index contributed by atoms with van der Waals surface area (Å²) in [6.07, 6.45) is 5.17. The summed E-state index contributed by atoms with van der Waals surface area (Å²) < 4.78 is 1.12. The molecular formula is C13H14BrN3. The van der Waals surface area contributed by atoms with Crippen LogP contribution in [0.4, 0.5) is 0 Å². The molecule has 0 aliphatic carbocycles. The van der Waals surface area contributed by atoms with E-state index in [2.05, 4.69) is 50.3 Å². The zero-order valence-corrected chi connectivity index (χ0v) is 11.2. The number of halogens is 1. The minimum Gasteiger partial charge on any atom is -0.304 e. The highest BCUT2D eigenvalue weighted by molar-refractivity contribution is 9.10. The minimum atomic E-state index is 0.271. The third-order valence-corrected chi connectivity index (χ3v) is 3.30. The number of rotatable bonds is 4. The van der Waals surface area contributed by atoms with Gasteiger partial charge in [0.2, 0.25) is 0 Å². The lowest BCUT2D eigenvalue weighted by Crippen LogP contribution is -2.19. The molecule has 3 nitrogen and oxygen atoms in total. The molecule has 0 aliphatic heterocycles. The van der Waals surface area contributed by atoms with Gasteiger partial charge in [-0.25, -0.2) is 0 Å². The Labute approximate surface area is 109 Å². The molecule has 1 unspecified atom stereocenters. The van der Waals surface area contributed by atoms with Crippen molar-refractivity contribution in [3.05, 3.63) is 58.6 Å². The second-order valence-electron chi connectivity index (χ2n) is 3.82. The zero-order valence-electron chi connectivity index (χ0n) is 9.60. The van der Waals surface area contributed by atoms with Crippen molar-refractivity contribution in [1.82, 2.24) is 15.3 Å². The van der Waals surface area contributed by atoms with E-state index in [1.165, 1.54) is 5.56 Å². The molecule has 2 rings (SSSR count). The molecule has 0 saturated heterocycles. The van der Waals surface area contributed by atoms with Crippen LogP contribution in [-0.4, -0.2) is 9.97 Å². The van der Waals surface area contributed by atoms with Crippen molar-refractivity contribution in [3.63, 3.8) is 0 Å². The van der Waals surface area contributed by atoms with Gasteiger partial charge in [0.05, 0.1) is 5.69 Å². The van der Waals surface area contributed by atoms with Gasteiger partial charge in [-0.2, -0.15) is 0 Å². The van der Waals surface area contributed by atoms with Crippen LogP contribution in [-0.2, 0) is 6.54 Å². The first kappa shape index (κ1) is 12.2. The van der Waals surface area contributed by atoms with Crippen molar-refractivity contribution in [2.24, 2.45) is 0 Å². The number of nitrogens with one attached hydrogen (secondary N) is 1. The fourth-order valence-corrected chi connectivity index (χ4v) is 2.24. The van der Waals surface area contributed by atoms with E-state index in [0.29, 0.717) is 0 Å². The van der Waals surface area contributed by atoms with Crippen molar-refractivity contribution in [1.29, 1.82) is 0 Å². The summed E-state index contributed by atoms with van der Waals surface area (Å²) in [6, 6.07) is 8.49. The molecule has 4 heteroatoms. The molecule has 0 amide bonds. The van der Waals surface area contributed by atoms with E-state index in [-0.39, 0.29) is 6.04 Å². The van der Waals surface area contributed by atoms with Crippen LogP contribution in [0.3, 0.4) is 0 Å². The SMILES string of the molecule is CC(NCc1cnccn1)c1ccccc1Br. The van der Waals surface area contributed by atoms with Gasteiger partial charge in [0.1, 0.15) is 0 Å². The largest absolute Gasteiger partial charge is 0.304 e. The predicted octanol–water partition coefficient (Wildman–Crippen LogP) is 3.09. The van der Waals surface area contributed by atoms with Crippen molar-refractivity contribution in [2.75, 3.05) is 0 Å². The lowest BCUT2D eigenvalue weighted by molar-refractivity contribution is 0.565. The topological polar surface area (TPSA) is 37.8 Å². The Morgan fingerprint density at radius 2 is 2.12 bits per heavy atom. The van der Waals surface area contributed by atoms with Crippen LogP contribution in [0.5, 0.6) is 0 Å². The zero-order chi connectivity index (χ0) is 12.1. The van der Waals surface area contributed by atoms with Crippen LogP contribution >= 0.6 is 15.9 Å². The van der Waals surface area contributed by atoms with Gasteiger partial charge in [-0.05, 0) is 18.6 Å². The summed E-state index contributed by atoms with van der Waals surface area (Å²) >= 11 is 3.56. The molecule has 0 aliphatic rings. The molecule has 0 radical (unpaired) electrons. The number of hydrogen-bond acceptors (Lipinski definition) is 3. The molecule has 2 aromatic rings. The summed E-state index contributed by atoms with van der Waals surface area (Å²) in [5.74, 6) is 0. The number of nitrogens with zero attached hydrogens (tertiary/aromatic N) is 2. The Hall–Kier alpha value is -1.26. The van der Waals surface area contributed by atoms with Crippen LogP contribution in [0.25, 0.3) is 0 Å². The maximum atomic E-state index is 4.23. The minimum absolute atomic E-state index is 0.271. The molecule has 0 spiro atoms. The van der Waals surface area contributed by atoms with Gasteiger partial charge in [0, 0.05) is 35.6 Å². The van der Waals surface area contributed by atoms with E-state index in [1.54, 1.807) is 18.6 Å². The molecule has 17 heavy (non-hydrogen) atoms. The first-order valence-electron chi connectivity index (χ1n) is 5.50. The quantitative estimate of drug-likeness (QED) is 0.941. The monoisotopic (exact) mass is 291 g/mol. The van der Waals surface area contributed by atoms with Gasteiger partial charge in [-0.15, -0.1) is 0 Å². The van der Waals surface area contributed by atoms with E-state index in [0.717, 1.165) is 16.7 Å². The summed E-state index contributed by atoms with van der Waals surface area (Å²) in [6.45, 7) is 2.85. The third kappa shape index (κ3) is 3.35. The maximum Gasteiger partial charge on any atom is 0.0724 e. The summed E-state index contributed by atoms with van der Waals surface area (Å²) in [5, 5.41) is 3.42. The number of aromatic nitrogens is 2. The summed E-state index contributed by atoms with van der Waals surface area (Å²) in [7, 11) is 0. The Morgan fingerprint density at radius 1 is 1.29 bits per heavy atom. The van der Waals surface area contributed by atoms with Crippen LogP contribution in [0, 0.1) is 0 Å². The average Bonchev–Trinajstić information content (AvgIpc) is 2.38. The average molecular weight is 292 g/mol. The highest BCUT2D eigenvalue weighted by Gasteiger charge is 2.07. The number of hydrogen-bond donors (Lipinski definition) is 1. The third-order valence-electron chi connectivity index (χ3n) is 2.58. The highest BCUT2D eigenvalue weighted by atomic mass is 79.9. The summed E-state index contributed by atoms with van der Waals surface area (Å²) in [5.41, 5.74) is 2.20. The molecule has 1 aromatic heterocycles. The fourth-order valence-electron chi connectivity index (χ4n) is 1.62. The van der Waals surface area contributed by atoms with Crippen LogP contribution in [0.15, 0.2) is 47.3 Å². The Morgan fingerprint density at radius 3 is 2.82 bits per heavy atom. The standard InChI is InChI=1S/C13H14BrN3/c1-10(12-4-2-3-5-13(12)14)17-9-11-8-15-6-7-16-11/h2-8,10,17H,9H2,1H3. The van der Waals surface area contributed by atoms with Gasteiger partial charge < -0.3 is 5.32 Å². The van der Waals surface area contributed by atoms with Gasteiger partial charge in [-0.3, -0.25) is 9.97 Å². The molecule has 1 atom stereocenters. The van der Waals surface area contributed by atoms with Gasteiger partial charge in [0.25, 0.3) is 0 Å². The number of benzene rings is 1. The second kappa shape index (κ2) is 5.89. The van der Waals surface area contributed by atoms with E-state index >= 15 is 0 Å². The lowest BCUT2D eigenvalue weighted by Gasteiger charge is -2.15. The van der Waals surface area contributed by atoms with Gasteiger partial charge in [0.15, 0.2) is 0 Å². The normalized spacial score (nSPS) is 12.4. The molecule has 0 bridgehead atoms. The van der Waals surface area contributed by atoms with Gasteiger partial charge in [-0.1, -0.05) is 34.1 Å². The van der Waals surface area contributed by atoms with Crippen LogP contribution in [0.1, 0.15) is 24.2 Å². The van der Waals surface area contributed by atoms with Gasteiger partial charge >= 0.3 is 0 Å². The van der Waals surface area contributed by atoms with E-state index < -0.39 is 0 Å². The first-order valence-corrected chi connectivity index (χ1v) is 6.29. The van der Waals surface area contributed by atoms with Crippen molar-refractivity contribution < 1.29 is 0 Å². The molecule has 0 saturated carbocycles. The first-order chi connectivity index (χ1) is 8.27. The Balaban J connectivity index is 1.99.